The monoisotopic (exact) mass is 432 g/mol. The molecular weight excluding hydrogens is 409 g/mol. The molecule has 0 aliphatic carbocycles. The second-order valence-corrected chi connectivity index (χ2v) is 6.64. The Morgan fingerprint density at radius 3 is 2.20 bits per heavy atom. The van der Waals surface area contributed by atoms with Gasteiger partial charge in [0.2, 0.25) is 0 Å². The number of aromatic nitrogens is 2. The van der Waals surface area contributed by atoms with Gasteiger partial charge in [-0.3, -0.25) is 4.79 Å². The maximum absolute atomic E-state index is 11.1. The third-order valence-electron chi connectivity index (χ3n) is 4.06. The standard InChI is InChI=1S/C17H22N2O4.C2HF3O2/c1-13(2)17(22,10-15(20)21)16-18-8-9-19(16)12-23-11-14-6-4-3-5-7-14;3-2(4,5)1(6)7/h3-9,13,22H,10-12H2,1-2H3,(H,20,21);(H,6,7). The van der Waals surface area contributed by atoms with Crippen LogP contribution in [-0.4, -0.2) is 43.0 Å². The quantitative estimate of drug-likeness (QED) is 0.586. The molecule has 2 rings (SSSR count). The van der Waals surface area contributed by atoms with E-state index in [-0.39, 0.29) is 12.6 Å². The summed E-state index contributed by atoms with van der Waals surface area (Å²) in [5.74, 6) is -3.81. The summed E-state index contributed by atoms with van der Waals surface area (Å²) in [6.45, 7) is 4.16. The van der Waals surface area contributed by atoms with Crippen LogP contribution in [-0.2, 0) is 33.3 Å². The fourth-order valence-electron chi connectivity index (χ4n) is 2.40. The molecule has 1 heterocycles. The predicted octanol–water partition coefficient (Wildman–Crippen LogP) is 3.01. The minimum atomic E-state index is -5.08. The summed E-state index contributed by atoms with van der Waals surface area (Å²) >= 11 is 0. The van der Waals surface area contributed by atoms with E-state index in [2.05, 4.69) is 4.98 Å². The Balaban J connectivity index is 0.000000553. The summed E-state index contributed by atoms with van der Waals surface area (Å²) in [7, 11) is 0. The highest BCUT2D eigenvalue weighted by atomic mass is 19.4. The predicted molar refractivity (Wildman–Crippen MR) is 98.1 cm³/mol. The lowest BCUT2D eigenvalue weighted by molar-refractivity contribution is -0.192. The fourth-order valence-corrected chi connectivity index (χ4v) is 2.40. The van der Waals surface area contributed by atoms with Gasteiger partial charge in [-0.25, -0.2) is 9.78 Å². The van der Waals surface area contributed by atoms with Crippen LogP contribution in [0.3, 0.4) is 0 Å². The van der Waals surface area contributed by atoms with Crippen LogP contribution >= 0.6 is 0 Å². The lowest BCUT2D eigenvalue weighted by atomic mass is 9.86. The van der Waals surface area contributed by atoms with E-state index >= 15 is 0 Å². The minimum absolute atomic E-state index is 0.193. The van der Waals surface area contributed by atoms with Gasteiger partial charge in [0.15, 0.2) is 0 Å². The summed E-state index contributed by atoms with van der Waals surface area (Å²) in [5, 5.41) is 27.0. The molecule has 1 unspecified atom stereocenters. The van der Waals surface area contributed by atoms with Gasteiger partial charge in [0, 0.05) is 12.4 Å². The molecule has 8 nitrogen and oxygen atoms in total. The van der Waals surface area contributed by atoms with Gasteiger partial charge in [0.25, 0.3) is 0 Å². The molecule has 0 aliphatic heterocycles. The van der Waals surface area contributed by atoms with Crippen molar-refractivity contribution in [3.8, 4) is 0 Å². The molecule has 1 aromatic carbocycles. The normalized spacial score (nSPS) is 13.3. The van der Waals surface area contributed by atoms with E-state index in [1.165, 1.54) is 6.20 Å². The lowest BCUT2D eigenvalue weighted by Crippen LogP contribution is -2.37. The number of carbonyl (C=O) groups is 2. The number of carboxylic acid groups (broad SMARTS) is 2. The molecule has 0 saturated carbocycles. The second kappa shape index (κ2) is 10.7. The van der Waals surface area contributed by atoms with Crippen LogP contribution in [0.2, 0.25) is 0 Å². The van der Waals surface area contributed by atoms with E-state index in [4.69, 9.17) is 19.7 Å². The van der Waals surface area contributed by atoms with Gasteiger partial charge in [0.05, 0.1) is 13.0 Å². The molecule has 30 heavy (non-hydrogen) atoms. The molecule has 0 spiro atoms. The van der Waals surface area contributed by atoms with Gasteiger partial charge in [-0.15, -0.1) is 0 Å². The van der Waals surface area contributed by atoms with Gasteiger partial charge in [-0.2, -0.15) is 13.2 Å². The number of carboxylic acids is 2. The molecule has 0 amide bonds. The Kier molecular flexibility index (Phi) is 8.99. The molecule has 11 heteroatoms. The number of benzene rings is 1. The number of hydrogen-bond donors (Lipinski definition) is 3. The van der Waals surface area contributed by atoms with Crippen molar-refractivity contribution >= 4 is 11.9 Å². The van der Waals surface area contributed by atoms with Crippen molar-refractivity contribution in [2.45, 2.75) is 45.4 Å². The van der Waals surface area contributed by atoms with Crippen molar-refractivity contribution in [1.29, 1.82) is 0 Å². The Bertz CT molecular complexity index is 823. The number of hydrogen-bond acceptors (Lipinski definition) is 5. The van der Waals surface area contributed by atoms with E-state index in [1.807, 2.05) is 30.3 Å². The molecule has 0 fully saturated rings. The van der Waals surface area contributed by atoms with Gasteiger partial charge in [-0.05, 0) is 11.5 Å². The highest BCUT2D eigenvalue weighted by molar-refractivity contribution is 5.73. The van der Waals surface area contributed by atoms with Crippen LogP contribution in [0, 0.1) is 5.92 Å². The molecule has 0 bridgehead atoms. The Morgan fingerprint density at radius 1 is 1.17 bits per heavy atom. The highest BCUT2D eigenvalue weighted by Gasteiger charge is 2.40. The number of ether oxygens (including phenoxy) is 1. The van der Waals surface area contributed by atoms with Crippen molar-refractivity contribution in [2.24, 2.45) is 5.92 Å². The first kappa shape index (κ1) is 25.1. The smallest absolute Gasteiger partial charge is 0.481 e. The van der Waals surface area contributed by atoms with Crippen LogP contribution in [0.15, 0.2) is 42.7 Å². The Labute approximate surface area is 170 Å². The number of aliphatic carboxylic acids is 2. The fraction of sp³-hybridized carbons (Fsp3) is 0.421. The maximum Gasteiger partial charge on any atom is 0.490 e. The van der Waals surface area contributed by atoms with Crippen molar-refractivity contribution in [3.63, 3.8) is 0 Å². The summed E-state index contributed by atoms with van der Waals surface area (Å²) in [6.07, 6.45) is -2.27. The van der Waals surface area contributed by atoms with Gasteiger partial charge in [-0.1, -0.05) is 44.2 Å². The number of rotatable bonds is 8. The molecule has 3 N–H and O–H groups in total. The van der Waals surface area contributed by atoms with Crippen LogP contribution in [0.5, 0.6) is 0 Å². The molecule has 0 saturated heterocycles. The SMILES string of the molecule is CC(C)C(O)(CC(=O)O)c1nccn1COCc1ccccc1.O=C(O)C(F)(F)F. The van der Waals surface area contributed by atoms with Crippen LogP contribution in [0.4, 0.5) is 13.2 Å². The third kappa shape index (κ3) is 7.48. The highest BCUT2D eigenvalue weighted by Crippen LogP contribution is 2.32. The molecule has 1 atom stereocenters. The molecule has 0 radical (unpaired) electrons. The topological polar surface area (TPSA) is 122 Å². The molecular formula is C19H23F3N2O6. The number of halogens is 3. The van der Waals surface area contributed by atoms with Gasteiger partial charge < -0.3 is 24.6 Å². The van der Waals surface area contributed by atoms with E-state index in [0.29, 0.717) is 12.4 Å². The van der Waals surface area contributed by atoms with E-state index in [9.17, 15) is 23.1 Å². The van der Waals surface area contributed by atoms with Crippen molar-refractivity contribution < 1.29 is 42.8 Å². The first-order valence-corrected chi connectivity index (χ1v) is 8.75. The molecule has 1 aromatic heterocycles. The lowest BCUT2D eigenvalue weighted by Gasteiger charge is -2.30. The molecule has 166 valence electrons. The molecule has 2 aromatic rings. The van der Waals surface area contributed by atoms with Crippen molar-refractivity contribution in [2.75, 3.05) is 0 Å². The van der Waals surface area contributed by atoms with Crippen LogP contribution in [0.1, 0.15) is 31.7 Å². The summed E-state index contributed by atoms with van der Waals surface area (Å²) in [5.41, 5.74) is -0.496. The zero-order valence-corrected chi connectivity index (χ0v) is 16.3. The first-order chi connectivity index (χ1) is 13.9. The van der Waals surface area contributed by atoms with Crippen LogP contribution in [0.25, 0.3) is 0 Å². The van der Waals surface area contributed by atoms with E-state index in [0.717, 1.165) is 5.56 Å². The van der Waals surface area contributed by atoms with Crippen LogP contribution < -0.4 is 0 Å². The summed E-state index contributed by atoms with van der Waals surface area (Å²) < 4.78 is 39.0. The number of aliphatic hydroxyl groups is 1. The first-order valence-electron chi connectivity index (χ1n) is 8.75. The zero-order chi connectivity index (χ0) is 22.9. The second-order valence-electron chi connectivity index (χ2n) is 6.64. The zero-order valence-electron chi connectivity index (χ0n) is 16.3. The largest absolute Gasteiger partial charge is 0.490 e. The summed E-state index contributed by atoms with van der Waals surface area (Å²) in [4.78, 5) is 24.2. The third-order valence-corrected chi connectivity index (χ3v) is 4.06. The van der Waals surface area contributed by atoms with Crippen molar-refractivity contribution in [3.05, 3.63) is 54.1 Å². The Morgan fingerprint density at radius 2 is 1.73 bits per heavy atom. The number of alkyl halides is 3. The Hall–Kier alpha value is -2.92. The van der Waals surface area contributed by atoms with Crippen molar-refractivity contribution in [1.82, 2.24) is 9.55 Å². The average molecular weight is 432 g/mol. The minimum Gasteiger partial charge on any atom is -0.481 e. The van der Waals surface area contributed by atoms with Gasteiger partial charge in [0.1, 0.15) is 18.2 Å². The van der Waals surface area contributed by atoms with E-state index in [1.54, 1.807) is 24.6 Å². The number of imidazole rings is 1. The average Bonchev–Trinajstić information content (AvgIpc) is 3.10. The van der Waals surface area contributed by atoms with E-state index < -0.39 is 30.1 Å². The van der Waals surface area contributed by atoms with Gasteiger partial charge >= 0.3 is 18.1 Å². The number of nitrogens with zero attached hydrogens (tertiary/aromatic N) is 2. The maximum atomic E-state index is 11.1. The summed E-state index contributed by atoms with van der Waals surface area (Å²) in [6, 6.07) is 9.73. The molecule has 0 aliphatic rings.